The van der Waals surface area contributed by atoms with Crippen molar-refractivity contribution in [1.29, 1.82) is 0 Å². The predicted octanol–water partition coefficient (Wildman–Crippen LogP) is 4.82. The van der Waals surface area contributed by atoms with E-state index in [0.29, 0.717) is 11.7 Å². The van der Waals surface area contributed by atoms with Crippen LogP contribution in [0.25, 0.3) is 0 Å². The lowest BCUT2D eigenvalue weighted by molar-refractivity contribution is 0.0996. The number of primary amides is 1. The first-order valence-electron chi connectivity index (χ1n) is 13.2. The summed E-state index contributed by atoms with van der Waals surface area (Å²) in [6.45, 7) is 4.38. The fourth-order valence-electron chi connectivity index (χ4n) is 5.94. The maximum absolute atomic E-state index is 12.0. The molecule has 3 fully saturated rings. The molecule has 0 unspecified atom stereocenters. The summed E-state index contributed by atoms with van der Waals surface area (Å²) < 4.78 is 0. The number of piperidine rings is 1. The van der Waals surface area contributed by atoms with E-state index >= 15 is 0 Å². The standard InChI is InChI=1S/C27H38N6O/c28-26(34)25-27(31-24(19-29-25)33-15-5-1-2-6-16-33)30-22-11-9-20(10-12-22)21-13-17-32(18-14-21)23-7-3-4-8-23/h9-12,19,21,23H,1-8,13-18H2,(H2,28,34)(H,30,31). The average molecular weight is 463 g/mol. The number of rotatable bonds is 6. The molecule has 2 aromatic rings. The van der Waals surface area contributed by atoms with Crippen LogP contribution in [0.15, 0.2) is 30.5 Å². The summed E-state index contributed by atoms with van der Waals surface area (Å²) in [6, 6.07) is 9.44. The third-order valence-corrected chi connectivity index (χ3v) is 7.94. The topological polar surface area (TPSA) is 87.4 Å². The summed E-state index contributed by atoms with van der Waals surface area (Å²) in [5.74, 6) is 1.30. The van der Waals surface area contributed by atoms with Crippen molar-refractivity contribution in [2.45, 2.75) is 76.2 Å². The maximum atomic E-state index is 12.0. The van der Waals surface area contributed by atoms with Crippen LogP contribution < -0.4 is 16.0 Å². The molecule has 7 nitrogen and oxygen atoms in total. The highest BCUT2D eigenvalue weighted by atomic mass is 16.1. The zero-order chi connectivity index (χ0) is 23.3. The summed E-state index contributed by atoms with van der Waals surface area (Å²) in [5.41, 5.74) is 8.08. The Balaban J connectivity index is 1.26. The summed E-state index contributed by atoms with van der Waals surface area (Å²) in [7, 11) is 0. The Morgan fingerprint density at radius 2 is 1.56 bits per heavy atom. The van der Waals surface area contributed by atoms with E-state index in [1.165, 1.54) is 70.0 Å². The number of hydrogen-bond acceptors (Lipinski definition) is 6. The Kier molecular flexibility index (Phi) is 7.28. The van der Waals surface area contributed by atoms with E-state index in [4.69, 9.17) is 10.7 Å². The zero-order valence-corrected chi connectivity index (χ0v) is 20.2. The highest BCUT2D eigenvalue weighted by Gasteiger charge is 2.27. The van der Waals surface area contributed by atoms with Crippen LogP contribution in [0.2, 0.25) is 0 Å². The molecule has 0 bridgehead atoms. The van der Waals surface area contributed by atoms with Gasteiger partial charge in [0.1, 0.15) is 5.82 Å². The molecule has 7 heteroatoms. The van der Waals surface area contributed by atoms with Gasteiger partial charge < -0.3 is 20.9 Å². The third-order valence-electron chi connectivity index (χ3n) is 7.94. The van der Waals surface area contributed by atoms with Crippen molar-refractivity contribution in [3.63, 3.8) is 0 Å². The quantitative estimate of drug-likeness (QED) is 0.640. The molecule has 0 atom stereocenters. The average Bonchev–Trinajstić information content (AvgIpc) is 3.27. The molecule has 1 aromatic heterocycles. The second kappa shape index (κ2) is 10.7. The number of hydrogen-bond donors (Lipinski definition) is 2. The zero-order valence-electron chi connectivity index (χ0n) is 20.2. The fraction of sp³-hybridized carbons (Fsp3) is 0.593. The van der Waals surface area contributed by atoms with Crippen molar-refractivity contribution in [2.24, 2.45) is 5.73 Å². The molecule has 1 aromatic carbocycles. The molecule has 2 aliphatic heterocycles. The highest BCUT2D eigenvalue weighted by molar-refractivity contribution is 5.96. The number of amides is 1. The molecule has 3 N–H and O–H groups in total. The Hall–Kier alpha value is -2.67. The van der Waals surface area contributed by atoms with Gasteiger partial charge in [-0.05, 0) is 75.2 Å². The van der Waals surface area contributed by atoms with Crippen molar-refractivity contribution in [3.05, 3.63) is 41.7 Å². The number of carbonyl (C=O) groups is 1. The Morgan fingerprint density at radius 1 is 0.882 bits per heavy atom. The molecule has 1 saturated carbocycles. The van der Waals surface area contributed by atoms with E-state index in [0.717, 1.165) is 43.5 Å². The Morgan fingerprint density at radius 3 is 2.21 bits per heavy atom. The van der Waals surface area contributed by atoms with Gasteiger partial charge in [-0.2, -0.15) is 0 Å². The molecule has 0 radical (unpaired) electrons. The summed E-state index contributed by atoms with van der Waals surface area (Å²) in [6.07, 6.45) is 14.5. The number of nitrogens with two attached hydrogens (primary N) is 1. The molecule has 1 aliphatic carbocycles. The SMILES string of the molecule is NC(=O)c1ncc(N2CCCCCC2)nc1Nc1ccc(C2CCN(C3CCCC3)CC2)cc1. The lowest BCUT2D eigenvalue weighted by Crippen LogP contribution is -2.39. The molecular formula is C27H38N6O. The van der Waals surface area contributed by atoms with Crippen LogP contribution in [0.5, 0.6) is 0 Å². The van der Waals surface area contributed by atoms with Gasteiger partial charge in [0.05, 0.1) is 6.20 Å². The van der Waals surface area contributed by atoms with Crippen LogP contribution in [0.4, 0.5) is 17.3 Å². The number of benzene rings is 1. The van der Waals surface area contributed by atoms with Crippen LogP contribution in [-0.2, 0) is 0 Å². The van der Waals surface area contributed by atoms with Gasteiger partial charge in [-0.25, -0.2) is 9.97 Å². The second-order valence-electron chi connectivity index (χ2n) is 10.2. The van der Waals surface area contributed by atoms with Gasteiger partial charge in [0, 0.05) is 24.8 Å². The van der Waals surface area contributed by atoms with E-state index in [2.05, 4.69) is 44.4 Å². The first-order valence-corrected chi connectivity index (χ1v) is 13.2. The monoisotopic (exact) mass is 462 g/mol. The fourth-order valence-corrected chi connectivity index (χ4v) is 5.94. The van der Waals surface area contributed by atoms with Crippen molar-refractivity contribution in [3.8, 4) is 0 Å². The lowest BCUT2D eigenvalue weighted by atomic mass is 9.88. The molecule has 3 heterocycles. The van der Waals surface area contributed by atoms with Crippen molar-refractivity contribution in [1.82, 2.24) is 14.9 Å². The van der Waals surface area contributed by atoms with Crippen molar-refractivity contribution in [2.75, 3.05) is 36.4 Å². The van der Waals surface area contributed by atoms with Crippen LogP contribution in [-0.4, -0.2) is 53.0 Å². The van der Waals surface area contributed by atoms with E-state index in [1.54, 1.807) is 6.20 Å². The number of aromatic nitrogens is 2. The lowest BCUT2D eigenvalue weighted by Gasteiger charge is -2.36. The van der Waals surface area contributed by atoms with Gasteiger partial charge in [-0.1, -0.05) is 37.8 Å². The molecule has 0 spiro atoms. The first-order chi connectivity index (χ1) is 16.7. The van der Waals surface area contributed by atoms with Gasteiger partial charge in [0.15, 0.2) is 11.5 Å². The molecular weight excluding hydrogens is 424 g/mol. The summed E-state index contributed by atoms with van der Waals surface area (Å²) in [4.78, 5) is 26.1. The van der Waals surface area contributed by atoms with Crippen LogP contribution in [0.1, 0.15) is 86.2 Å². The van der Waals surface area contributed by atoms with E-state index in [1.807, 2.05) is 0 Å². The Bertz CT molecular complexity index is 956. The van der Waals surface area contributed by atoms with Gasteiger partial charge in [-0.3, -0.25) is 4.79 Å². The van der Waals surface area contributed by atoms with Gasteiger partial charge >= 0.3 is 0 Å². The summed E-state index contributed by atoms with van der Waals surface area (Å²) in [5, 5.41) is 3.31. The number of carbonyl (C=O) groups excluding carboxylic acids is 1. The number of anilines is 3. The van der Waals surface area contributed by atoms with Gasteiger partial charge in [-0.15, -0.1) is 0 Å². The second-order valence-corrected chi connectivity index (χ2v) is 10.2. The largest absolute Gasteiger partial charge is 0.364 e. The molecule has 34 heavy (non-hydrogen) atoms. The number of nitrogens with one attached hydrogen (secondary N) is 1. The third kappa shape index (κ3) is 5.35. The van der Waals surface area contributed by atoms with Crippen LogP contribution in [0.3, 0.4) is 0 Å². The maximum Gasteiger partial charge on any atom is 0.271 e. The molecule has 182 valence electrons. The van der Waals surface area contributed by atoms with Crippen molar-refractivity contribution >= 4 is 23.2 Å². The molecule has 5 rings (SSSR count). The molecule has 2 saturated heterocycles. The Labute approximate surface area is 203 Å². The highest BCUT2D eigenvalue weighted by Crippen LogP contribution is 2.33. The van der Waals surface area contributed by atoms with Gasteiger partial charge in [0.2, 0.25) is 0 Å². The van der Waals surface area contributed by atoms with E-state index in [9.17, 15) is 4.79 Å². The summed E-state index contributed by atoms with van der Waals surface area (Å²) >= 11 is 0. The molecule has 1 amide bonds. The van der Waals surface area contributed by atoms with Crippen LogP contribution in [0, 0.1) is 0 Å². The minimum atomic E-state index is -0.567. The predicted molar refractivity (Wildman–Crippen MR) is 137 cm³/mol. The van der Waals surface area contributed by atoms with E-state index in [-0.39, 0.29) is 5.69 Å². The van der Waals surface area contributed by atoms with Gasteiger partial charge in [0.25, 0.3) is 5.91 Å². The minimum absolute atomic E-state index is 0.182. The molecule has 3 aliphatic rings. The van der Waals surface area contributed by atoms with Crippen molar-refractivity contribution < 1.29 is 4.79 Å². The normalized spacial score (nSPS) is 20.9. The minimum Gasteiger partial charge on any atom is -0.364 e. The van der Waals surface area contributed by atoms with Crippen LogP contribution >= 0.6 is 0 Å². The number of nitrogens with zero attached hydrogens (tertiary/aromatic N) is 4. The smallest absolute Gasteiger partial charge is 0.271 e. The van der Waals surface area contributed by atoms with E-state index < -0.39 is 5.91 Å². The first kappa shape index (κ1) is 23.1. The number of likely N-dealkylation sites (tertiary alicyclic amines) is 1.